The lowest BCUT2D eigenvalue weighted by molar-refractivity contribution is 1.28. The van der Waals surface area contributed by atoms with Crippen LogP contribution in [0.4, 0.5) is 68.2 Å². The predicted octanol–water partition coefficient (Wildman–Crippen LogP) is 33.9. The molecule has 0 unspecified atom stereocenters. The van der Waals surface area contributed by atoms with Gasteiger partial charge in [0.25, 0.3) is 0 Å². The highest BCUT2D eigenvalue weighted by atomic mass is 15.2. The van der Waals surface area contributed by atoms with Crippen molar-refractivity contribution in [3.8, 4) is 111 Å². The summed E-state index contributed by atoms with van der Waals surface area (Å²) in [5.74, 6) is 0. The second-order valence-corrected chi connectivity index (χ2v) is 30.8. The fourth-order valence-corrected chi connectivity index (χ4v) is 16.5. The molecule has 124 heavy (non-hydrogen) atoms. The molecule has 0 atom stereocenters. The Hall–Kier alpha value is -16.4. The van der Waals surface area contributed by atoms with Crippen LogP contribution in [0.3, 0.4) is 0 Å². The number of rotatable bonds is 22. The molecule has 0 fully saturated rings. The highest BCUT2D eigenvalue weighted by molar-refractivity contribution is 5.88. The topological polar surface area (TPSA) is 13.0 Å². The zero-order chi connectivity index (χ0) is 83.0. The Morgan fingerprint density at radius 1 is 0.0726 bits per heavy atom. The van der Waals surface area contributed by atoms with Gasteiger partial charge in [-0.25, -0.2) is 0 Å². The van der Waals surface area contributed by atoms with Crippen molar-refractivity contribution < 1.29 is 0 Å². The molecule has 0 saturated carbocycles. The molecule has 0 spiro atoms. The van der Waals surface area contributed by atoms with E-state index < -0.39 is 0 Å². The van der Waals surface area contributed by atoms with E-state index in [1.165, 1.54) is 89.0 Å². The lowest BCUT2D eigenvalue weighted by Gasteiger charge is -2.26. The molecule has 0 aliphatic carbocycles. The molecule has 20 aromatic carbocycles. The number of benzene rings is 20. The Bertz CT molecular complexity index is 6530. The Morgan fingerprint density at radius 2 is 0.169 bits per heavy atom. The fraction of sp³-hybridized carbons (Fsp3) is 0. The van der Waals surface area contributed by atoms with Gasteiger partial charge in [-0.3, -0.25) is 0 Å². The van der Waals surface area contributed by atoms with Crippen LogP contribution >= 0.6 is 0 Å². The van der Waals surface area contributed by atoms with Gasteiger partial charge >= 0.3 is 0 Å². The lowest BCUT2D eigenvalue weighted by atomic mass is 9.98. The molecule has 4 heteroatoms. The van der Waals surface area contributed by atoms with Crippen LogP contribution in [0.5, 0.6) is 0 Å². The Morgan fingerprint density at radius 3 is 0.315 bits per heavy atom. The summed E-state index contributed by atoms with van der Waals surface area (Å²) < 4.78 is 0. The molecule has 0 heterocycles. The molecule has 0 aromatic heterocycles. The Kier molecular flexibility index (Phi) is 23.0. The van der Waals surface area contributed by atoms with E-state index >= 15 is 0 Å². The number of hydrogen-bond donors (Lipinski definition) is 0. The zero-order valence-corrected chi connectivity index (χ0v) is 68.6. The molecule has 0 aliphatic rings. The summed E-state index contributed by atoms with van der Waals surface area (Å²) in [5.41, 5.74) is 37.1. The molecule has 20 rings (SSSR count). The molecule has 0 bridgehead atoms. The van der Waals surface area contributed by atoms with Crippen LogP contribution < -0.4 is 19.6 Å². The fourth-order valence-electron chi connectivity index (χ4n) is 16.5. The van der Waals surface area contributed by atoms with E-state index in [0.717, 1.165) is 90.5 Å². The first-order valence-corrected chi connectivity index (χ1v) is 42.3. The van der Waals surface area contributed by atoms with E-state index in [1.807, 2.05) is 0 Å². The van der Waals surface area contributed by atoms with Gasteiger partial charge in [-0.1, -0.05) is 370 Å². The Balaban J connectivity index is 0.000000163. The van der Waals surface area contributed by atoms with Crippen molar-refractivity contribution in [3.05, 3.63) is 534 Å². The smallest absolute Gasteiger partial charge is 0.0462 e. The van der Waals surface area contributed by atoms with E-state index in [9.17, 15) is 0 Å². The quantitative estimate of drug-likeness (QED) is 0.0670. The lowest BCUT2D eigenvalue weighted by Crippen LogP contribution is -2.10. The van der Waals surface area contributed by atoms with Crippen LogP contribution in [0.1, 0.15) is 0 Å². The molecule has 0 radical (unpaired) electrons. The highest BCUT2D eigenvalue weighted by Gasteiger charge is 2.20. The first kappa shape index (κ1) is 77.5. The van der Waals surface area contributed by atoms with Crippen molar-refractivity contribution in [2.75, 3.05) is 19.6 Å². The predicted molar refractivity (Wildman–Crippen MR) is 526 cm³/mol. The van der Waals surface area contributed by atoms with Gasteiger partial charge in [-0.15, -0.1) is 0 Å². The summed E-state index contributed by atoms with van der Waals surface area (Å²) in [5, 5.41) is 0. The van der Waals surface area contributed by atoms with Gasteiger partial charge in [0.1, 0.15) is 0 Å². The van der Waals surface area contributed by atoms with E-state index in [4.69, 9.17) is 0 Å². The van der Waals surface area contributed by atoms with Gasteiger partial charge in [0.15, 0.2) is 0 Å². The Labute approximate surface area is 728 Å². The maximum atomic E-state index is 2.33. The van der Waals surface area contributed by atoms with Crippen molar-refractivity contribution in [1.29, 1.82) is 0 Å². The maximum absolute atomic E-state index is 2.33. The average molecular weight is 1590 g/mol. The van der Waals surface area contributed by atoms with Gasteiger partial charge in [-0.2, -0.15) is 0 Å². The number of para-hydroxylation sites is 3. The number of hydrogen-bond acceptors (Lipinski definition) is 4. The van der Waals surface area contributed by atoms with Crippen LogP contribution in [0, 0.1) is 0 Å². The monoisotopic (exact) mass is 1580 g/mol. The molecule has 0 saturated heterocycles. The number of anilines is 12. The minimum atomic E-state index is 1.09. The van der Waals surface area contributed by atoms with E-state index in [0.29, 0.717) is 0 Å². The van der Waals surface area contributed by atoms with Crippen LogP contribution in [-0.2, 0) is 0 Å². The van der Waals surface area contributed by atoms with Crippen molar-refractivity contribution in [2.24, 2.45) is 0 Å². The first-order valence-electron chi connectivity index (χ1n) is 42.3. The van der Waals surface area contributed by atoms with Gasteiger partial charge < -0.3 is 19.6 Å². The molecule has 0 aliphatic heterocycles. The summed E-state index contributed by atoms with van der Waals surface area (Å²) in [6.07, 6.45) is 0. The molecule has 588 valence electrons. The molecule has 0 amide bonds. The van der Waals surface area contributed by atoms with E-state index in [2.05, 4.69) is 553 Å². The number of nitrogens with zero attached hydrogens (tertiary/aromatic N) is 4. The van der Waals surface area contributed by atoms with Gasteiger partial charge in [0.05, 0.1) is 0 Å². The molecule has 20 aromatic rings. The molecule has 4 nitrogen and oxygen atoms in total. The SMILES string of the molecule is c1ccc(-c2ccc(N(c3ccc(-c4ccccc4)cc3)c3ccc(-c4ccc(N(c5ccccc5)c5ccc(-c6cccc(-c7ccccc7)c6)cc5)cc4)cc3)cc2)cc1.c1ccc(-c2cccc(-c3ccc(N(c4ccccc4)c4ccc(-c5ccc(N(c6ccccc6)c6ccc(-c7cccc(-c8ccccc8)c7)cc6)cc5)cc4)cc3)c2)cc1. The van der Waals surface area contributed by atoms with Crippen LogP contribution in [-0.4, -0.2) is 0 Å². The second-order valence-electron chi connectivity index (χ2n) is 30.8. The summed E-state index contributed by atoms with van der Waals surface area (Å²) in [4.78, 5) is 9.29. The maximum Gasteiger partial charge on any atom is 0.0462 e. The molecular weight excluding hydrogens is 1500 g/mol. The van der Waals surface area contributed by atoms with Crippen LogP contribution in [0.15, 0.2) is 534 Å². The molecular formula is C120H88N4. The molecule has 0 N–H and O–H groups in total. The van der Waals surface area contributed by atoms with E-state index in [1.54, 1.807) is 0 Å². The average Bonchev–Trinajstić information content (AvgIpc) is 0.792. The summed E-state index contributed by atoms with van der Waals surface area (Å²) in [7, 11) is 0. The third-order valence-corrected chi connectivity index (χ3v) is 23.0. The van der Waals surface area contributed by atoms with Crippen LogP contribution in [0.25, 0.3) is 111 Å². The highest BCUT2D eigenvalue weighted by Crippen LogP contribution is 2.44. The normalized spacial score (nSPS) is 10.9. The van der Waals surface area contributed by atoms with Crippen molar-refractivity contribution >= 4 is 68.2 Å². The van der Waals surface area contributed by atoms with Crippen LogP contribution in [0.2, 0.25) is 0 Å². The van der Waals surface area contributed by atoms with Gasteiger partial charge in [-0.05, 0) is 275 Å². The zero-order valence-electron chi connectivity index (χ0n) is 68.6. The van der Waals surface area contributed by atoms with Crippen molar-refractivity contribution in [3.63, 3.8) is 0 Å². The standard InChI is InChI=1S/2C60H44N2/c1-5-15-45(16-6-1)51-19-13-21-53(43-51)49-31-39-59(40-32-49)61(55-23-9-3-10-24-55)57-35-27-47(28-36-57)48-29-37-58(38-30-48)62(56-25-11-4-12-26-56)60-41-33-50(34-42-60)54-22-14-20-52(44-54)46-17-7-2-8-18-46;1-5-14-45(15-6-1)48-24-34-58(35-25-48)62(59-36-26-49(27-37-59)46-16-7-2-8-17-46)60-40-30-51(31-41-60)50-28-38-56(39-29-50)61(55-22-11-4-12-23-55)57-42-32-52(33-43-57)54-21-13-20-53(44-54)47-18-9-3-10-19-47/h2*1-44H. The van der Waals surface area contributed by atoms with Crippen molar-refractivity contribution in [1.82, 2.24) is 0 Å². The van der Waals surface area contributed by atoms with Crippen molar-refractivity contribution in [2.45, 2.75) is 0 Å². The summed E-state index contributed by atoms with van der Waals surface area (Å²) in [6.45, 7) is 0. The summed E-state index contributed by atoms with van der Waals surface area (Å²) in [6, 6.07) is 191. The minimum Gasteiger partial charge on any atom is -0.311 e. The summed E-state index contributed by atoms with van der Waals surface area (Å²) >= 11 is 0. The third kappa shape index (κ3) is 17.7. The van der Waals surface area contributed by atoms with Gasteiger partial charge in [0.2, 0.25) is 0 Å². The van der Waals surface area contributed by atoms with Gasteiger partial charge in [0, 0.05) is 68.2 Å². The largest absolute Gasteiger partial charge is 0.311 e. The third-order valence-electron chi connectivity index (χ3n) is 23.0. The van der Waals surface area contributed by atoms with E-state index in [-0.39, 0.29) is 0 Å². The first-order chi connectivity index (χ1) is 61.5. The second kappa shape index (κ2) is 36.9. The minimum absolute atomic E-state index is 1.09.